The van der Waals surface area contributed by atoms with Gasteiger partial charge in [-0.05, 0) is 48.9 Å². The van der Waals surface area contributed by atoms with Gasteiger partial charge in [-0.2, -0.15) is 0 Å². The van der Waals surface area contributed by atoms with Crippen molar-refractivity contribution in [2.75, 3.05) is 6.61 Å². The molecule has 5 heteroatoms. The molecule has 3 rings (SSSR count). The Morgan fingerprint density at radius 3 is 2.52 bits per heavy atom. The van der Waals surface area contributed by atoms with Gasteiger partial charge in [-0.25, -0.2) is 9.36 Å². The summed E-state index contributed by atoms with van der Waals surface area (Å²) in [4.78, 5) is 24.8. The lowest BCUT2D eigenvalue weighted by Gasteiger charge is -2.15. The summed E-state index contributed by atoms with van der Waals surface area (Å²) in [5, 5.41) is 9.88. The fraction of sp³-hybridized carbons (Fsp3) is 0.111. The van der Waals surface area contributed by atoms with Crippen LogP contribution in [0.25, 0.3) is 22.2 Å². The van der Waals surface area contributed by atoms with E-state index in [1.54, 1.807) is 43.3 Å². The van der Waals surface area contributed by atoms with E-state index in [-0.39, 0.29) is 17.8 Å². The molecular formula is C18H15NO4. The van der Waals surface area contributed by atoms with Crippen molar-refractivity contribution in [1.82, 2.24) is 4.57 Å². The standard InChI is InChI=1S/C18H15NO4/c1-2-23-18(22)19-15-6-4-3-5-14(15)17(21)11-16(19)12-7-9-13(20)10-8-12/h3-11,20H,2H2,1H3. The van der Waals surface area contributed by atoms with Crippen molar-refractivity contribution in [2.45, 2.75) is 6.92 Å². The molecule has 1 heterocycles. The van der Waals surface area contributed by atoms with Crippen LogP contribution in [0.2, 0.25) is 0 Å². The van der Waals surface area contributed by atoms with E-state index in [1.807, 2.05) is 0 Å². The second kappa shape index (κ2) is 5.96. The van der Waals surface area contributed by atoms with E-state index in [1.165, 1.54) is 22.8 Å². The Hall–Kier alpha value is -3.08. The van der Waals surface area contributed by atoms with Crippen LogP contribution in [-0.4, -0.2) is 22.4 Å². The number of phenolic OH excluding ortho intramolecular Hbond substituents is 1. The lowest BCUT2D eigenvalue weighted by Crippen LogP contribution is -2.20. The van der Waals surface area contributed by atoms with E-state index in [2.05, 4.69) is 0 Å². The van der Waals surface area contributed by atoms with Crippen LogP contribution in [0.1, 0.15) is 6.92 Å². The fourth-order valence-corrected chi connectivity index (χ4v) is 2.50. The van der Waals surface area contributed by atoms with Gasteiger partial charge in [-0.3, -0.25) is 4.79 Å². The van der Waals surface area contributed by atoms with Crippen molar-refractivity contribution >= 4 is 17.0 Å². The van der Waals surface area contributed by atoms with Crippen molar-refractivity contribution in [3.8, 4) is 17.0 Å². The molecule has 2 aromatic carbocycles. The van der Waals surface area contributed by atoms with Crippen LogP contribution in [0, 0.1) is 0 Å². The predicted octanol–water partition coefficient (Wildman–Crippen LogP) is 3.38. The molecule has 0 fully saturated rings. The number of phenols is 1. The van der Waals surface area contributed by atoms with Crippen LogP contribution in [0.5, 0.6) is 5.75 Å². The van der Waals surface area contributed by atoms with E-state index < -0.39 is 6.09 Å². The van der Waals surface area contributed by atoms with E-state index in [4.69, 9.17) is 4.74 Å². The molecule has 0 saturated carbocycles. The van der Waals surface area contributed by atoms with Crippen LogP contribution in [0.15, 0.2) is 59.4 Å². The molecule has 3 aromatic rings. The lowest BCUT2D eigenvalue weighted by atomic mass is 10.1. The summed E-state index contributed by atoms with van der Waals surface area (Å²) >= 11 is 0. The van der Waals surface area contributed by atoms with Gasteiger partial charge < -0.3 is 9.84 Å². The largest absolute Gasteiger partial charge is 0.508 e. The topological polar surface area (TPSA) is 68.5 Å². The molecule has 5 nitrogen and oxygen atoms in total. The summed E-state index contributed by atoms with van der Waals surface area (Å²) < 4.78 is 6.52. The highest BCUT2D eigenvalue weighted by Gasteiger charge is 2.17. The molecule has 0 unspecified atom stereocenters. The minimum atomic E-state index is -0.549. The minimum absolute atomic E-state index is 0.111. The number of pyridine rings is 1. The Morgan fingerprint density at radius 2 is 1.83 bits per heavy atom. The molecule has 1 N–H and O–H groups in total. The molecule has 0 spiro atoms. The zero-order valence-corrected chi connectivity index (χ0v) is 12.5. The average Bonchev–Trinajstić information content (AvgIpc) is 2.55. The molecule has 0 saturated heterocycles. The van der Waals surface area contributed by atoms with Gasteiger partial charge in [0, 0.05) is 11.5 Å². The summed E-state index contributed by atoms with van der Waals surface area (Å²) in [6, 6.07) is 14.6. The molecule has 116 valence electrons. The average molecular weight is 309 g/mol. The van der Waals surface area contributed by atoms with E-state index in [9.17, 15) is 14.7 Å². The van der Waals surface area contributed by atoms with Crippen LogP contribution >= 0.6 is 0 Å². The number of rotatable bonds is 2. The van der Waals surface area contributed by atoms with Gasteiger partial charge in [0.15, 0.2) is 5.43 Å². The Labute approximate surface area is 132 Å². The highest BCUT2D eigenvalue weighted by atomic mass is 16.5. The Kier molecular flexibility index (Phi) is 3.85. The first kappa shape index (κ1) is 14.8. The lowest BCUT2D eigenvalue weighted by molar-refractivity contribution is 0.155. The molecule has 23 heavy (non-hydrogen) atoms. The summed E-state index contributed by atoms with van der Waals surface area (Å²) in [6.45, 7) is 1.96. The monoisotopic (exact) mass is 309 g/mol. The third kappa shape index (κ3) is 2.68. The zero-order valence-electron chi connectivity index (χ0n) is 12.5. The van der Waals surface area contributed by atoms with Crippen LogP contribution in [0.3, 0.4) is 0 Å². The number of para-hydroxylation sites is 1. The number of ether oxygens (including phenoxy) is 1. The highest BCUT2D eigenvalue weighted by molar-refractivity contribution is 5.92. The fourth-order valence-electron chi connectivity index (χ4n) is 2.50. The first-order valence-corrected chi connectivity index (χ1v) is 7.23. The SMILES string of the molecule is CCOC(=O)n1c(-c2ccc(O)cc2)cc(=O)c2ccccc21. The molecule has 1 aromatic heterocycles. The number of carbonyl (C=O) groups excluding carboxylic acids is 1. The number of benzene rings is 2. The van der Waals surface area contributed by atoms with Gasteiger partial charge in [-0.15, -0.1) is 0 Å². The number of hydrogen-bond donors (Lipinski definition) is 1. The molecular weight excluding hydrogens is 294 g/mol. The number of hydrogen-bond acceptors (Lipinski definition) is 4. The molecule has 0 bridgehead atoms. The second-order valence-electron chi connectivity index (χ2n) is 4.99. The number of fused-ring (bicyclic) bond motifs is 1. The molecule has 0 aliphatic rings. The maximum Gasteiger partial charge on any atom is 0.418 e. The van der Waals surface area contributed by atoms with Crippen LogP contribution in [-0.2, 0) is 4.74 Å². The maximum atomic E-state index is 12.4. The minimum Gasteiger partial charge on any atom is -0.508 e. The Balaban J connectivity index is 2.36. The molecule has 0 amide bonds. The zero-order chi connectivity index (χ0) is 16.4. The van der Waals surface area contributed by atoms with Crippen molar-refractivity contribution < 1.29 is 14.6 Å². The summed E-state index contributed by atoms with van der Waals surface area (Å²) in [5.41, 5.74) is 1.37. The van der Waals surface area contributed by atoms with E-state index in [0.717, 1.165) is 0 Å². The van der Waals surface area contributed by atoms with Crippen LogP contribution in [0.4, 0.5) is 4.79 Å². The van der Waals surface area contributed by atoms with Crippen molar-refractivity contribution in [2.24, 2.45) is 0 Å². The third-order valence-electron chi connectivity index (χ3n) is 3.53. The maximum absolute atomic E-state index is 12.4. The van der Waals surface area contributed by atoms with Gasteiger partial charge in [0.05, 0.1) is 17.8 Å². The van der Waals surface area contributed by atoms with Gasteiger partial charge in [-0.1, -0.05) is 12.1 Å². The number of nitrogens with zero attached hydrogens (tertiary/aromatic N) is 1. The number of aromatic nitrogens is 1. The number of aromatic hydroxyl groups is 1. The van der Waals surface area contributed by atoms with Gasteiger partial charge in [0.2, 0.25) is 0 Å². The predicted molar refractivity (Wildman–Crippen MR) is 87.7 cm³/mol. The molecule has 0 radical (unpaired) electrons. The van der Waals surface area contributed by atoms with E-state index >= 15 is 0 Å². The Bertz CT molecular complexity index is 926. The first-order chi connectivity index (χ1) is 11.1. The smallest absolute Gasteiger partial charge is 0.418 e. The van der Waals surface area contributed by atoms with Crippen molar-refractivity contribution in [1.29, 1.82) is 0 Å². The first-order valence-electron chi connectivity index (χ1n) is 7.23. The summed E-state index contributed by atoms with van der Waals surface area (Å²) in [5.74, 6) is 0.111. The summed E-state index contributed by atoms with van der Waals surface area (Å²) in [7, 11) is 0. The Morgan fingerprint density at radius 1 is 1.13 bits per heavy atom. The normalized spacial score (nSPS) is 10.7. The molecule has 0 atom stereocenters. The summed E-state index contributed by atoms with van der Waals surface area (Å²) in [6.07, 6.45) is -0.549. The quantitative estimate of drug-likeness (QED) is 0.788. The molecule has 0 aliphatic heterocycles. The highest BCUT2D eigenvalue weighted by Crippen LogP contribution is 2.24. The molecule has 0 aliphatic carbocycles. The van der Waals surface area contributed by atoms with Crippen molar-refractivity contribution in [3.63, 3.8) is 0 Å². The number of carbonyl (C=O) groups is 1. The van der Waals surface area contributed by atoms with E-state index in [0.29, 0.717) is 22.2 Å². The second-order valence-corrected chi connectivity index (χ2v) is 4.99. The van der Waals surface area contributed by atoms with Crippen molar-refractivity contribution in [3.05, 3.63) is 64.8 Å². The van der Waals surface area contributed by atoms with Gasteiger partial charge in [0.1, 0.15) is 5.75 Å². The van der Waals surface area contributed by atoms with Gasteiger partial charge >= 0.3 is 6.09 Å². The van der Waals surface area contributed by atoms with Crippen LogP contribution < -0.4 is 5.43 Å². The van der Waals surface area contributed by atoms with Gasteiger partial charge in [0.25, 0.3) is 0 Å². The third-order valence-corrected chi connectivity index (χ3v) is 3.53.